The Morgan fingerprint density at radius 3 is 2.50 bits per heavy atom. The van der Waals surface area contributed by atoms with Crippen molar-refractivity contribution in [1.82, 2.24) is 15.2 Å². The van der Waals surface area contributed by atoms with Crippen molar-refractivity contribution in [3.63, 3.8) is 0 Å². The number of carbonyl (C=O) groups is 1. The molecule has 5 nitrogen and oxygen atoms in total. The van der Waals surface area contributed by atoms with Crippen LogP contribution >= 0.6 is 0 Å². The molecule has 1 aromatic heterocycles. The van der Waals surface area contributed by atoms with Crippen molar-refractivity contribution in [2.24, 2.45) is 11.8 Å². The summed E-state index contributed by atoms with van der Waals surface area (Å²) in [4.78, 5) is 19.6. The van der Waals surface area contributed by atoms with Crippen LogP contribution in [-0.2, 0) is 28.8 Å². The molecule has 1 aromatic carbocycles. The monoisotopic (exact) mass is 521 g/mol. The number of amides is 1. The van der Waals surface area contributed by atoms with Gasteiger partial charge in [-0.1, -0.05) is 26.0 Å². The van der Waals surface area contributed by atoms with Gasteiger partial charge in [-0.15, -0.1) is 0 Å². The molecular weight excluding hydrogens is 487 g/mol. The minimum atomic E-state index is -4.35. The average molecular weight is 522 g/mol. The molecule has 196 valence electrons. The third-order valence-electron chi connectivity index (χ3n) is 7.24. The largest absolute Gasteiger partial charge is 0.416 e. The summed E-state index contributed by atoms with van der Waals surface area (Å²) >= 11 is 0. The van der Waals surface area contributed by atoms with Crippen LogP contribution in [-0.4, -0.2) is 43.9 Å². The molecule has 9 heteroatoms. The molecular formula is C27H34F3N3O2S. The van der Waals surface area contributed by atoms with Gasteiger partial charge >= 0.3 is 6.18 Å². The van der Waals surface area contributed by atoms with Crippen molar-refractivity contribution < 1.29 is 22.2 Å². The molecule has 1 N–H and O–H groups in total. The fraction of sp³-hybridized carbons (Fsp3) is 0.519. The molecule has 1 atom stereocenters. The van der Waals surface area contributed by atoms with E-state index >= 15 is 0 Å². The van der Waals surface area contributed by atoms with Gasteiger partial charge in [0.15, 0.2) is 0 Å². The summed E-state index contributed by atoms with van der Waals surface area (Å²) in [6.07, 6.45) is -0.0928. The number of rotatable bonds is 7. The second-order valence-electron chi connectivity index (χ2n) is 10.4. The van der Waals surface area contributed by atoms with E-state index in [0.29, 0.717) is 42.6 Å². The van der Waals surface area contributed by atoms with Gasteiger partial charge in [0.25, 0.3) is 5.91 Å². The van der Waals surface area contributed by atoms with Gasteiger partial charge in [-0.2, -0.15) is 13.2 Å². The molecule has 0 spiro atoms. The maximum atomic E-state index is 12.9. The van der Waals surface area contributed by atoms with Crippen LogP contribution in [0.4, 0.5) is 13.2 Å². The fourth-order valence-electron chi connectivity index (χ4n) is 5.24. The summed E-state index contributed by atoms with van der Waals surface area (Å²) in [5, 5.41) is 2.99. The number of alkyl halides is 3. The number of hydrogen-bond donors (Lipinski definition) is 1. The molecule has 36 heavy (non-hydrogen) atoms. The molecule has 2 aromatic rings. The predicted molar refractivity (Wildman–Crippen MR) is 137 cm³/mol. The highest BCUT2D eigenvalue weighted by molar-refractivity contribution is 8.00. The SMILES string of the molecule is C=S1(=O)CCC(CCNC(=O)c2cnc3c(c2)CN(Cc2ccc(C(F)(F)F)cc2)[C@H]3C(C)C)CC1. The summed E-state index contributed by atoms with van der Waals surface area (Å²) in [6.45, 7) is 5.84. The zero-order valence-corrected chi connectivity index (χ0v) is 21.6. The number of carbonyl (C=O) groups excluding carboxylic acids is 1. The van der Waals surface area contributed by atoms with E-state index in [1.807, 2.05) is 6.07 Å². The molecule has 0 saturated carbocycles. The molecule has 1 saturated heterocycles. The zero-order valence-electron chi connectivity index (χ0n) is 20.8. The van der Waals surface area contributed by atoms with E-state index in [-0.39, 0.29) is 17.9 Å². The Labute approximate surface area is 211 Å². The summed E-state index contributed by atoms with van der Waals surface area (Å²) in [5.41, 5.74) is 2.56. The van der Waals surface area contributed by atoms with Crippen molar-refractivity contribution in [3.05, 3.63) is 64.5 Å². The van der Waals surface area contributed by atoms with Gasteiger partial charge in [0, 0.05) is 37.3 Å². The fourth-order valence-corrected chi connectivity index (χ4v) is 6.97. The molecule has 2 aliphatic heterocycles. The number of benzene rings is 1. The minimum Gasteiger partial charge on any atom is -0.352 e. The number of halogens is 3. The summed E-state index contributed by atoms with van der Waals surface area (Å²) in [6, 6.07) is 7.20. The van der Waals surface area contributed by atoms with Crippen molar-refractivity contribution in [2.45, 2.75) is 58.4 Å². The smallest absolute Gasteiger partial charge is 0.352 e. The highest BCUT2D eigenvalue weighted by atomic mass is 32.2. The maximum absolute atomic E-state index is 12.9. The quantitative estimate of drug-likeness (QED) is 0.518. The Morgan fingerprint density at radius 1 is 1.22 bits per heavy atom. The minimum absolute atomic E-state index is 0.0222. The first kappa shape index (κ1) is 26.7. The van der Waals surface area contributed by atoms with Gasteiger partial charge in [-0.3, -0.25) is 18.9 Å². The number of aromatic nitrogens is 1. The van der Waals surface area contributed by atoms with E-state index < -0.39 is 21.3 Å². The first-order valence-corrected chi connectivity index (χ1v) is 14.5. The van der Waals surface area contributed by atoms with E-state index in [9.17, 15) is 22.2 Å². The van der Waals surface area contributed by atoms with Crippen molar-refractivity contribution in [3.8, 4) is 0 Å². The number of fused-ring (bicyclic) bond motifs is 1. The van der Waals surface area contributed by atoms with Crippen molar-refractivity contribution >= 4 is 21.3 Å². The molecule has 2 aliphatic rings. The topological polar surface area (TPSA) is 62.3 Å². The van der Waals surface area contributed by atoms with E-state index in [4.69, 9.17) is 0 Å². The van der Waals surface area contributed by atoms with Crippen LogP contribution in [0.1, 0.15) is 71.9 Å². The van der Waals surface area contributed by atoms with E-state index in [0.717, 1.165) is 48.2 Å². The van der Waals surface area contributed by atoms with Gasteiger partial charge in [-0.25, -0.2) is 0 Å². The Kier molecular flexibility index (Phi) is 7.80. The van der Waals surface area contributed by atoms with E-state index in [1.54, 1.807) is 6.20 Å². The number of nitrogens with zero attached hydrogens (tertiary/aromatic N) is 2. The Morgan fingerprint density at radius 2 is 1.89 bits per heavy atom. The highest BCUT2D eigenvalue weighted by Gasteiger charge is 2.35. The van der Waals surface area contributed by atoms with Gasteiger partial charge < -0.3 is 5.32 Å². The summed E-state index contributed by atoms with van der Waals surface area (Å²) < 4.78 is 50.8. The van der Waals surface area contributed by atoms with Crippen LogP contribution in [0.2, 0.25) is 0 Å². The van der Waals surface area contributed by atoms with Gasteiger partial charge in [-0.05, 0) is 75.8 Å². The van der Waals surface area contributed by atoms with Gasteiger partial charge in [0.05, 0.1) is 22.9 Å². The third-order valence-corrected chi connectivity index (χ3v) is 9.20. The molecule has 3 heterocycles. The van der Waals surface area contributed by atoms with Crippen LogP contribution < -0.4 is 5.32 Å². The molecule has 4 rings (SSSR count). The van der Waals surface area contributed by atoms with Crippen LogP contribution in [0.5, 0.6) is 0 Å². The second-order valence-corrected chi connectivity index (χ2v) is 13.2. The van der Waals surface area contributed by atoms with Crippen LogP contribution in [0.3, 0.4) is 0 Å². The number of pyridine rings is 1. The van der Waals surface area contributed by atoms with Crippen LogP contribution in [0.25, 0.3) is 0 Å². The number of nitrogens with one attached hydrogen (secondary N) is 1. The molecule has 0 unspecified atom stereocenters. The van der Waals surface area contributed by atoms with Crippen molar-refractivity contribution in [2.75, 3.05) is 18.1 Å². The average Bonchev–Trinajstić information content (AvgIpc) is 3.17. The van der Waals surface area contributed by atoms with Crippen LogP contribution in [0.15, 0.2) is 36.5 Å². The molecule has 0 radical (unpaired) electrons. The molecule has 0 bridgehead atoms. The second kappa shape index (κ2) is 10.5. The molecule has 0 aliphatic carbocycles. The first-order chi connectivity index (χ1) is 16.9. The molecule has 1 fully saturated rings. The predicted octanol–water partition coefficient (Wildman–Crippen LogP) is 5.06. The normalized spacial score (nSPS) is 24.6. The Bertz CT molecular complexity index is 1180. The number of hydrogen-bond acceptors (Lipinski definition) is 4. The Balaban J connectivity index is 1.38. The highest BCUT2D eigenvalue weighted by Crippen LogP contribution is 2.39. The van der Waals surface area contributed by atoms with Crippen LogP contribution in [0, 0.1) is 11.8 Å². The van der Waals surface area contributed by atoms with E-state index in [1.165, 1.54) is 12.1 Å². The summed E-state index contributed by atoms with van der Waals surface area (Å²) in [5.74, 6) is 5.69. The lowest BCUT2D eigenvalue weighted by atomic mass is 9.98. The van der Waals surface area contributed by atoms with Gasteiger partial charge in [0.1, 0.15) is 0 Å². The summed E-state index contributed by atoms with van der Waals surface area (Å²) in [7, 11) is -1.89. The molecule has 1 amide bonds. The first-order valence-electron chi connectivity index (χ1n) is 12.4. The zero-order chi connectivity index (χ0) is 26.1. The van der Waals surface area contributed by atoms with Crippen molar-refractivity contribution in [1.29, 1.82) is 0 Å². The third kappa shape index (κ3) is 6.29. The standard InChI is InChI=1S/C27H34F3N3O2S/c1-18(2)25-24-22(17-33(25)16-20-4-6-23(7-5-20)27(28,29)30)14-21(15-32-24)26(34)31-11-8-19-9-12-36(3,35)13-10-19/h4-7,14-15,18-19,25H,3,8-13,16-17H2,1-2H3,(H,31,34)/t19?,25-,36?/m0/s1. The lowest BCUT2D eigenvalue weighted by Crippen LogP contribution is -2.29. The lowest BCUT2D eigenvalue weighted by Gasteiger charge is -2.27. The lowest BCUT2D eigenvalue weighted by molar-refractivity contribution is -0.137. The van der Waals surface area contributed by atoms with Gasteiger partial charge in [0.2, 0.25) is 0 Å². The Hall–Kier alpha value is -2.39. The van der Waals surface area contributed by atoms with E-state index in [2.05, 4.69) is 34.9 Å². The maximum Gasteiger partial charge on any atom is 0.416 e.